The van der Waals surface area contributed by atoms with Gasteiger partial charge >= 0.3 is 0 Å². The van der Waals surface area contributed by atoms with Crippen molar-refractivity contribution in [3.05, 3.63) is 24.0 Å². The van der Waals surface area contributed by atoms with E-state index < -0.39 is 0 Å². The van der Waals surface area contributed by atoms with Crippen molar-refractivity contribution in [3.8, 4) is 6.07 Å². The minimum Gasteiger partial charge on any atom is -0.367 e. The van der Waals surface area contributed by atoms with E-state index in [0.717, 1.165) is 37.9 Å². The molecule has 0 aromatic carbocycles. The highest BCUT2D eigenvalue weighted by molar-refractivity contribution is 5.58. The standard InChI is InChI=1S/C14H20N4/c1-2-18(13-5-3-12(16)4-6-13)14-10-17-8-7-11(14)9-15/h7-8,10,12-13H,2-6,16H2,1H3. The Morgan fingerprint density at radius 3 is 2.78 bits per heavy atom. The number of nitrogens with two attached hydrogens (primary N) is 1. The molecule has 1 aromatic rings. The summed E-state index contributed by atoms with van der Waals surface area (Å²) in [6.07, 6.45) is 7.83. The van der Waals surface area contributed by atoms with Crippen LogP contribution in [0.1, 0.15) is 38.2 Å². The summed E-state index contributed by atoms with van der Waals surface area (Å²) in [4.78, 5) is 6.46. The van der Waals surface area contributed by atoms with Gasteiger partial charge in [-0.25, -0.2) is 0 Å². The highest BCUT2D eigenvalue weighted by Crippen LogP contribution is 2.28. The molecule has 1 heterocycles. The fourth-order valence-electron chi connectivity index (χ4n) is 2.75. The number of nitrogens with zero attached hydrogens (tertiary/aromatic N) is 3. The monoisotopic (exact) mass is 244 g/mol. The Labute approximate surface area is 108 Å². The van der Waals surface area contributed by atoms with Crippen LogP contribution in [-0.2, 0) is 0 Å². The third-order valence-corrected chi connectivity index (χ3v) is 3.75. The number of aromatic nitrogens is 1. The van der Waals surface area contributed by atoms with Gasteiger partial charge in [0.15, 0.2) is 0 Å². The summed E-state index contributed by atoms with van der Waals surface area (Å²) < 4.78 is 0. The van der Waals surface area contributed by atoms with E-state index in [1.807, 2.05) is 0 Å². The van der Waals surface area contributed by atoms with Crippen LogP contribution < -0.4 is 10.6 Å². The fourth-order valence-corrected chi connectivity index (χ4v) is 2.75. The molecule has 0 atom stereocenters. The van der Waals surface area contributed by atoms with Gasteiger partial charge in [-0.15, -0.1) is 0 Å². The first-order valence-electron chi connectivity index (χ1n) is 6.62. The average molecular weight is 244 g/mol. The molecule has 18 heavy (non-hydrogen) atoms. The third kappa shape index (κ3) is 2.62. The topological polar surface area (TPSA) is 65.9 Å². The number of hydrogen-bond donors (Lipinski definition) is 1. The van der Waals surface area contributed by atoms with E-state index in [1.54, 1.807) is 18.5 Å². The van der Waals surface area contributed by atoms with E-state index in [4.69, 9.17) is 5.73 Å². The smallest absolute Gasteiger partial charge is 0.101 e. The quantitative estimate of drug-likeness (QED) is 0.883. The lowest BCUT2D eigenvalue weighted by atomic mass is 9.90. The lowest BCUT2D eigenvalue weighted by Gasteiger charge is -2.37. The normalized spacial score (nSPS) is 23.4. The first kappa shape index (κ1) is 12.8. The molecule has 4 heteroatoms. The highest BCUT2D eigenvalue weighted by Gasteiger charge is 2.24. The maximum Gasteiger partial charge on any atom is 0.101 e. The summed E-state index contributed by atoms with van der Waals surface area (Å²) in [7, 11) is 0. The zero-order valence-electron chi connectivity index (χ0n) is 10.8. The van der Waals surface area contributed by atoms with Crippen LogP contribution in [0.4, 0.5) is 5.69 Å². The van der Waals surface area contributed by atoms with Crippen LogP contribution in [-0.4, -0.2) is 23.6 Å². The van der Waals surface area contributed by atoms with Crippen molar-refractivity contribution in [2.75, 3.05) is 11.4 Å². The summed E-state index contributed by atoms with van der Waals surface area (Å²) in [6, 6.07) is 4.88. The van der Waals surface area contributed by atoms with Crippen molar-refractivity contribution in [3.63, 3.8) is 0 Å². The Morgan fingerprint density at radius 2 is 2.17 bits per heavy atom. The summed E-state index contributed by atoms with van der Waals surface area (Å²) in [5.74, 6) is 0. The van der Waals surface area contributed by atoms with E-state index in [1.165, 1.54) is 0 Å². The number of rotatable bonds is 3. The van der Waals surface area contributed by atoms with Crippen LogP contribution in [0.25, 0.3) is 0 Å². The van der Waals surface area contributed by atoms with Gasteiger partial charge in [-0.1, -0.05) is 0 Å². The Kier molecular flexibility index (Phi) is 4.16. The van der Waals surface area contributed by atoms with E-state index >= 15 is 0 Å². The van der Waals surface area contributed by atoms with Gasteiger partial charge in [0.2, 0.25) is 0 Å². The van der Waals surface area contributed by atoms with Crippen molar-refractivity contribution in [1.29, 1.82) is 5.26 Å². The first-order valence-corrected chi connectivity index (χ1v) is 6.62. The van der Waals surface area contributed by atoms with Gasteiger partial charge in [0, 0.05) is 24.8 Å². The molecule has 0 spiro atoms. The molecule has 1 saturated carbocycles. The van der Waals surface area contributed by atoms with Crippen LogP contribution in [0.2, 0.25) is 0 Å². The van der Waals surface area contributed by atoms with Crippen molar-refractivity contribution >= 4 is 5.69 Å². The highest BCUT2D eigenvalue weighted by atomic mass is 15.2. The summed E-state index contributed by atoms with van der Waals surface area (Å²) in [5.41, 5.74) is 7.62. The molecule has 0 amide bonds. The maximum atomic E-state index is 9.18. The van der Waals surface area contributed by atoms with Gasteiger partial charge in [-0.3, -0.25) is 4.98 Å². The van der Waals surface area contributed by atoms with E-state index in [0.29, 0.717) is 17.6 Å². The molecule has 0 bridgehead atoms. The summed E-state index contributed by atoms with van der Waals surface area (Å²) in [6.45, 7) is 3.03. The molecule has 4 nitrogen and oxygen atoms in total. The molecule has 1 aliphatic carbocycles. The van der Waals surface area contributed by atoms with Crippen LogP contribution in [0.3, 0.4) is 0 Å². The number of nitriles is 1. The SMILES string of the molecule is CCN(c1cnccc1C#N)C1CCC(N)CC1. The van der Waals surface area contributed by atoms with Gasteiger partial charge in [0.1, 0.15) is 6.07 Å². The molecule has 1 fully saturated rings. The fraction of sp³-hybridized carbons (Fsp3) is 0.571. The minimum atomic E-state index is 0.351. The summed E-state index contributed by atoms with van der Waals surface area (Å²) in [5, 5.41) is 9.18. The van der Waals surface area contributed by atoms with Gasteiger partial charge in [0.25, 0.3) is 0 Å². The van der Waals surface area contributed by atoms with Gasteiger partial charge in [-0.2, -0.15) is 5.26 Å². The predicted molar refractivity (Wildman–Crippen MR) is 72.2 cm³/mol. The molecule has 1 aromatic heterocycles. The Morgan fingerprint density at radius 1 is 1.44 bits per heavy atom. The van der Waals surface area contributed by atoms with Crippen LogP contribution >= 0.6 is 0 Å². The van der Waals surface area contributed by atoms with Crippen LogP contribution in [0.5, 0.6) is 0 Å². The van der Waals surface area contributed by atoms with Crippen molar-refractivity contribution < 1.29 is 0 Å². The largest absolute Gasteiger partial charge is 0.367 e. The second-order valence-corrected chi connectivity index (χ2v) is 4.86. The summed E-state index contributed by atoms with van der Waals surface area (Å²) >= 11 is 0. The molecule has 0 aliphatic heterocycles. The molecule has 96 valence electrons. The van der Waals surface area contributed by atoms with Crippen molar-refractivity contribution in [2.24, 2.45) is 5.73 Å². The Hall–Kier alpha value is -1.60. The lowest BCUT2D eigenvalue weighted by Crippen LogP contribution is -2.41. The molecule has 0 radical (unpaired) electrons. The number of hydrogen-bond acceptors (Lipinski definition) is 4. The van der Waals surface area contributed by atoms with Gasteiger partial charge in [0.05, 0.1) is 17.4 Å². The van der Waals surface area contributed by atoms with Gasteiger partial charge < -0.3 is 10.6 Å². The second-order valence-electron chi connectivity index (χ2n) is 4.86. The van der Waals surface area contributed by atoms with Gasteiger partial charge in [-0.05, 0) is 38.7 Å². The van der Waals surface area contributed by atoms with Crippen molar-refractivity contribution in [2.45, 2.75) is 44.7 Å². The third-order valence-electron chi connectivity index (χ3n) is 3.75. The van der Waals surface area contributed by atoms with E-state index in [2.05, 4.69) is 22.9 Å². The Balaban J connectivity index is 2.20. The molecular weight excluding hydrogens is 224 g/mol. The number of pyridine rings is 1. The average Bonchev–Trinajstić information content (AvgIpc) is 2.42. The molecule has 0 saturated heterocycles. The molecular formula is C14H20N4. The molecule has 1 aliphatic rings. The van der Waals surface area contributed by atoms with Crippen LogP contribution in [0.15, 0.2) is 18.5 Å². The van der Waals surface area contributed by atoms with Crippen molar-refractivity contribution in [1.82, 2.24) is 4.98 Å². The maximum absolute atomic E-state index is 9.18. The molecule has 2 N–H and O–H groups in total. The first-order chi connectivity index (χ1) is 8.76. The zero-order valence-corrected chi connectivity index (χ0v) is 10.8. The van der Waals surface area contributed by atoms with Crippen LogP contribution in [0, 0.1) is 11.3 Å². The van der Waals surface area contributed by atoms with E-state index in [-0.39, 0.29) is 0 Å². The lowest BCUT2D eigenvalue weighted by molar-refractivity contribution is 0.378. The minimum absolute atomic E-state index is 0.351. The number of anilines is 1. The Bertz CT molecular complexity index is 430. The van der Waals surface area contributed by atoms with E-state index in [9.17, 15) is 5.26 Å². The second kappa shape index (κ2) is 5.83. The molecule has 2 rings (SSSR count). The predicted octanol–water partition coefficient (Wildman–Crippen LogP) is 2.05. The zero-order chi connectivity index (χ0) is 13.0. The molecule has 0 unspecified atom stereocenters.